The summed E-state index contributed by atoms with van der Waals surface area (Å²) in [6.07, 6.45) is 5.68. The van der Waals surface area contributed by atoms with Crippen molar-refractivity contribution in [1.82, 2.24) is 10.2 Å². The molecule has 0 aromatic carbocycles. The molecule has 1 N–H and O–H groups in total. The molecule has 0 aliphatic heterocycles. The van der Waals surface area contributed by atoms with E-state index in [9.17, 15) is 8.42 Å². The molecule has 0 aromatic heterocycles. The first-order chi connectivity index (χ1) is 8.48. The molecule has 0 heterocycles. The van der Waals surface area contributed by atoms with Crippen LogP contribution >= 0.6 is 0 Å². The Morgan fingerprint density at radius 2 is 1.83 bits per heavy atom. The normalized spacial score (nSPS) is 25.6. The molecule has 0 unspecified atom stereocenters. The lowest BCUT2D eigenvalue weighted by molar-refractivity contribution is 0.177. The van der Waals surface area contributed by atoms with Gasteiger partial charge >= 0.3 is 0 Å². The van der Waals surface area contributed by atoms with Crippen LogP contribution in [0, 0.1) is 0 Å². The number of nitrogens with one attached hydrogen (secondary N) is 1. The van der Waals surface area contributed by atoms with Crippen molar-refractivity contribution < 1.29 is 8.42 Å². The van der Waals surface area contributed by atoms with Crippen molar-refractivity contribution in [3.05, 3.63) is 0 Å². The van der Waals surface area contributed by atoms with Crippen molar-refractivity contribution in [2.45, 2.75) is 51.1 Å². The van der Waals surface area contributed by atoms with Crippen LogP contribution in [-0.2, 0) is 9.84 Å². The molecule has 0 saturated heterocycles. The zero-order valence-electron chi connectivity index (χ0n) is 12.0. The smallest absolute Gasteiger partial charge is 0.150 e. The Morgan fingerprint density at radius 1 is 1.22 bits per heavy atom. The Hall–Kier alpha value is -0.130. The lowest BCUT2D eigenvalue weighted by Crippen LogP contribution is -2.40. The average Bonchev–Trinajstić information content (AvgIpc) is 2.38. The van der Waals surface area contributed by atoms with Gasteiger partial charge in [-0.2, -0.15) is 0 Å². The Morgan fingerprint density at radius 3 is 2.33 bits per heavy atom. The van der Waals surface area contributed by atoms with E-state index in [0.29, 0.717) is 17.8 Å². The molecule has 1 rings (SSSR count). The van der Waals surface area contributed by atoms with E-state index in [4.69, 9.17) is 0 Å². The van der Waals surface area contributed by atoms with Crippen LogP contribution in [0.1, 0.15) is 39.0 Å². The molecule has 0 aromatic rings. The summed E-state index contributed by atoms with van der Waals surface area (Å²) in [4.78, 5) is 2.34. The van der Waals surface area contributed by atoms with Gasteiger partial charge in [-0.15, -0.1) is 0 Å². The molecule has 0 amide bonds. The third-order valence-corrected chi connectivity index (χ3v) is 5.92. The molecule has 0 radical (unpaired) electrons. The van der Waals surface area contributed by atoms with Crippen molar-refractivity contribution in [1.29, 1.82) is 0 Å². The highest BCUT2D eigenvalue weighted by molar-refractivity contribution is 7.91. The summed E-state index contributed by atoms with van der Waals surface area (Å²) in [6.45, 7) is 2.62. The van der Waals surface area contributed by atoms with E-state index in [1.807, 2.05) is 7.05 Å². The molecule has 1 fully saturated rings. The molecule has 0 bridgehead atoms. The Bertz CT molecular complexity index is 322. The van der Waals surface area contributed by atoms with Crippen molar-refractivity contribution in [2.24, 2.45) is 0 Å². The number of sulfone groups is 1. The quantitative estimate of drug-likeness (QED) is 0.761. The van der Waals surface area contributed by atoms with E-state index in [2.05, 4.69) is 17.3 Å². The maximum Gasteiger partial charge on any atom is 0.150 e. The summed E-state index contributed by atoms with van der Waals surface area (Å²) in [7, 11) is 1.36. The standard InChI is InChI=1S/C13H28N2O2S/c1-4-18(16,17)11-5-10-15(3)13-8-6-12(14-2)7-9-13/h12-14H,4-11H2,1-3H3. The van der Waals surface area contributed by atoms with Gasteiger partial charge in [0, 0.05) is 17.8 Å². The summed E-state index contributed by atoms with van der Waals surface area (Å²) in [5, 5.41) is 3.34. The van der Waals surface area contributed by atoms with Gasteiger partial charge in [0.1, 0.15) is 9.84 Å². The lowest BCUT2D eigenvalue weighted by Gasteiger charge is -2.34. The van der Waals surface area contributed by atoms with Crippen molar-refractivity contribution in [3.63, 3.8) is 0 Å². The van der Waals surface area contributed by atoms with Crippen LogP contribution in [0.2, 0.25) is 0 Å². The van der Waals surface area contributed by atoms with Gasteiger partial charge in [0.05, 0.1) is 5.75 Å². The number of hydrogen-bond donors (Lipinski definition) is 1. The Balaban J connectivity index is 2.23. The maximum atomic E-state index is 11.4. The maximum absolute atomic E-state index is 11.4. The van der Waals surface area contributed by atoms with E-state index in [1.165, 1.54) is 25.7 Å². The molecule has 0 atom stereocenters. The highest BCUT2D eigenvalue weighted by atomic mass is 32.2. The van der Waals surface area contributed by atoms with Gasteiger partial charge in [0.15, 0.2) is 0 Å². The fourth-order valence-corrected chi connectivity index (χ4v) is 3.52. The molecule has 1 saturated carbocycles. The fraction of sp³-hybridized carbons (Fsp3) is 1.00. The van der Waals surface area contributed by atoms with Gasteiger partial charge in [-0.25, -0.2) is 8.42 Å². The third kappa shape index (κ3) is 5.24. The number of rotatable bonds is 7. The number of hydrogen-bond acceptors (Lipinski definition) is 4. The van der Waals surface area contributed by atoms with Crippen molar-refractivity contribution >= 4 is 9.84 Å². The second-order valence-corrected chi connectivity index (χ2v) is 7.84. The minimum atomic E-state index is -2.80. The van der Waals surface area contributed by atoms with Gasteiger partial charge in [-0.3, -0.25) is 0 Å². The largest absolute Gasteiger partial charge is 0.317 e. The third-order valence-electron chi connectivity index (χ3n) is 4.13. The Labute approximate surface area is 112 Å². The van der Waals surface area contributed by atoms with Crippen LogP contribution in [0.5, 0.6) is 0 Å². The van der Waals surface area contributed by atoms with Crippen LogP contribution < -0.4 is 5.32 Å². The second-order valence-electron chi connectivity index (χ2n) is 5.36. The molecular weight excluding hydrogens is 248 g/mol. The highest BCUT2D eigenvalue weighted by Gasteiger charge is 2.22. The first-order valence-electron chi connectivity index (χ1n) is 7.06. The molecule has 5 heteroatoms. The monoisotopic (exact) mass is 276 g/mol. The van der Waals surface area contributed by atoms with Crippen molar-refractivity contribution in [3.8, 4) is 0 Å². The highest BCUT2D eigenvalue weighted by Crippen LogP contribution is 2.22. The van der Waals surface area contributed by atoms with E-state index in [1.54, 1.807) is 6.92 Å². The van der Waals surface area contributed by atoms with Gasteiger partial charge in [-0.1, -0.05) is 6.92 Å². The molecule has 4 nitrogen and oxygen atoms in total. The van der Waals surface area contributed by atoms with Gasteiger partial charge in [-0.05, 0) is 52.7 Å². The van der Waals surface area contributed by atoms with E-state index >= 15 is 0 Å². The molecule has 108 valence electrons. The summed E-state index contributed by atoms with van der Waals surface area (Å²) < 4.78 is 22.8. The Kier molecular flexibility index (Phi) is 6.60. The van der Waals surface area contributed by atoms with Crippen LogP contribution in [0.3, 0.4) is 0 Å². The summed E-state index contributed by atoms with van der Waals surface area (Å²) in [5.41, 5.74) is 0. The second kappa shape index (κ2) is 7.46. The fourth-order valence-electron chi connectivity index (χ4n) is 2.67. The van der Waals surface area contributed by atoms with Gasteiger partial charge in [0.2, 0.25) is 0 Å². The SMILES string of the molecule is CCS(=O)(=O)CCCN(C)C1CCC(NC)CC1. The van der Waals surface area contributed by atoms with E-state index in [-0.39, 0.29) is 5.75 Å². The minimum absolute atomic E-state index is 0.268. The average molecular weight is 276 g/mol. The summed E-state index contributed by atoms with van der Waals surface area (Å²) in [5.74, 6) is 0.601. The molecule has 0 spiro atoms. The van der Waals surface area contributed by atoms with E-state index in [0.717, 1.165) is 13.0 Å². The molecular formula is C13H28N2O2S. The molecule has 18 heavy (non-hydrogen) atoms. The molecule has 1 aliphatic rings. The zero-order valence-corrected chi connectivity index (χ0v) is 12.8. The van der Waals surface area contributed by atoms with Crippen LogP contribution in [0.15, 0.2) is 0 Å². The van der Waals surface area contributed by atoms with E-state index < -0.39 is 9.84 Å². The van der Waals surface area contributed by atoms with Crippen LogP contribution in [0.4, 0.5) is 0 Å². The lowest BCUT2D eigenvalue weighted by atomic mass is 9.90. The van der Waals surface area contributed by atoms with Gasteiger partial charge in [0.25, 0.3) is 0 Å². The predicted octanol–water partition coefficient (Wildman–Crippen LogP) is 1.27. The number of nitrogens with zero attached hydrogens (tertiary/aromatic N) is 1. The summed E-state index contributed by atoms with van der Waals surface area (Å²) >= 11 is 0. The first kappa shape index (κ1) is 15.9. The van der Waals surface area contributed by atoms with Crippen molar-refractivity contribution in [2.75, 3.05) is 32.1 Å². The predicted molar refractivity (Wildman–Crippen MR) is 76.7 cm³/mol. The minimum Gasteiger partial charge on any atom is -0.317 e. The zero-order chi connectivity index (χ0) is 13.6. The van der Waals surface area contributed by atoms with Crippen LogP contribution in [-0.4, -0.2) is 57.5 Å². The molecule has 1 aliphatic carbocycles. The topological polar surface area (TPSA) is 49.4 Å². The summed E-state index contributed by atoms with van der Waals surface area (Å²) in [6, 6.07) is 1.31. The van der Waals surface area contributed by atoms with Crippen LogP contribution in [0.25, 0.3) is 0 Å². The van der Waals surface area contributed by atoms with Gasteiger partial charge < -0.3 is 10.2 Å². The first-order valence-corrected chi connectivity index (χ1v) is 8.88.